The van der Waals surface area contributed by atoms with Gasteiger partial charge in [-0.05, 0) is 35.8 Å². The number of carbonyl (C=O) groups is 1. The van der Waals surface area contributed by atoms with Crippen LogP contribution in [0.1, 0.15) is 18.4 Å². The van der Waals surface area contributed by atoms with Crippen LogP contribution in [0, 0.1) is 0 Å². The fraction of sp³-hybridized carbons (Fsp3) is 0.292. The van der Waals surface area contributed by atoms with E-state index in [2.05, 4.69) is 0 Å². The van der Waals surface area contributed by atoms with Gasteiger partial charge in [-0.3, -0.25) is 14.4 Å². The number of fused-ring (bicyclic) bond motifs is 1. The molecule has 0 saturated heterocycles. The van der Waals surface area contributed by atoms with Crippen molar-refractivity contribution < 1.29 is 13.2 Å². The number of nitrogens with zero attached hydrogens (tertiary/aromatic N) is 3. The average molecular weight is 468 g/mol. The number of benzene rings is 2. The maximum absolute atomic E-state index is 12.9. The first-order valence-corrected chi connectivity index (χ1v) is 12.3. The van der Waals surface area contributed by atoms with E-state index in [1.807, 2.05) is 36.4 Å². The molecule has 8 nitrogen and oxygen atoms in total. The molecular weight excluding hydrogens is 442 g/mol. The number of hydrogen-bond donors (Lipinski definition) is 0. The van der Waals surface area contributed by atoms with Gasteiger partial charge >= 0.3 is 11.1 Å². The van der Waals surface area contributed by atoms with E-state index in [0.717, 1.165) is 16.6 Å². The van der Waals surface area contributed by atoms with Gasteiger partial charge in [-0.15, -0.1) is 0 Å². The van der Waals surface area contributed by atoms with Crippen LogP contribution in [0.15, 0.2) is 69.1 Å². The number of sulfone groups is 1. The van der Waals surface area contributed by atoms with E-state index >= 15 is 0 Å². The third-order valence-electron chi connectivity index (χ3n) is 6.11. The highest BCUT2D eigenvalue weighted by Crippen LogP contribution is 2.23. The molecule has 1 amide bonds. The Labute approximate surface area is 191 Å². The molecule has 2 heterocycles. The molecule has 1 aliphatic heterocycles. The van der Waals surface area contributed by atoms with Crippen molar-refractivity contribution in [2.24, 2.45) is 14.1 Å². The zero-order chi connectivity index (χ0) is 23.8. The third kappa shape index (κ3) is 4.41. The summed E-state index contributed by atoms with van der Waals surface area (Å²) in [7, 11) is -0.860. The molecule has 4 rings (SSSR count). The van der Waals surface area contributed by atoms with Gasteiger partial charge in [-0.2, -0.15) is 0 Å². The standard InChI is InChI=1S/C24H25N3O5S/c1-25-20-9-8-19(16-21(20)26(2)24(30)23(25)29)33(31,32)15-12-22(28)27-13-10-18(11-14-27)17-6-4-3-5-7-17/h3-10,16H,11-15H2,1-2H3. The SMILES string of the molecule is Cn1c(=O)c(=O)n(C)c2cc(S(=O)(=O)CCC(=O)N3CC=C(c4ccccc4)CC3)ccc21. The molecule has 0 radical (unpaired) electrons. The Hall–Kier alpha value is -3.46. The van der Waals surface area contributed by atoms with Gasteiger partial charge in [0.05, 0.1) is 21.7 Å². The number of carbonyl (C=O) groups excluding carboxylic acids is 1. The third-order valence-corrected chi connectivity index (χ3v) is 7.83. The minimum Gasteiger partial charge on any atom is -0.339 e. The maximum atomic E-state index is 12.9. The predicted octanol–water partition coefficient (Wildman–Crippen LogP) is 1.72. The summed E-state index contributed by atoms with van der Waals surface area (Å²) < 4.78 is 28.2. The van der Waals surface area contributed by atoms with E-state index in [0.29, 0.717) is 24.1 Å². The molecule has 0 saturated carbocycles. The quantitative estimate of drug-likeness (QED) is 0.532. The van der Waals surface area contributed by atoms with Crippen LogP contribution in [0.25, 0.3) is 16.6 Å². The van der Waals surface area contributed by atoms with E-state index in [4.69, 9.17) is 0 Å². The lowest BCUT2D eigenvalue weighted by Gasteiger charge is -2.26. The molecule has 2 aromatic carbocycles. The van der Waals surface area contributed by atoms with Crippen molar-refractivity contribution in [2.45, 2.75) is 17.7 Å². The number of rotatable bonds is 5. The first-order valence-electron chi connectivity index (χ1n) is 10.6. The molecule has 33 heavy (non-hydrogen) atoms. The Kier molecular flexibility index (Phi) is 6.07. The molecule has 0 fully saturated rings. The van der Waals surface area contributed by atoms with Crippen molar-refractivity contribution in [1.29, 1.82) is 0 Å². The second-order valence-electron chi connectivity index (χ2n) is 8.13. The van der Waals surface area contributed by atoms with E-state index < -0.39 is 21.0 Å². The molecule has 0 spiro atoms. The first kappa shape index (κ1) is 22.7. The van der Waals surface area contributed by atoms with Crippen LogP contribution in [0.5, 0.6) is 0 Å². The molecule has 0 atom stereocenters. The monoisotopic (exact) mass is 467 g/mol. The van der Waals surface area contributed by atoms with Gasteiger partial charge < -0.3 is 14.0 Å². The van der Waals surface area contributed by atoms with Crippen LogP contribution in [-0.4, -0.2) is 47.2 Å². The summed E-state index contributed by atoms with van der Waals surface area (Å²) in [5.74, 6) is -0.541. The van der Waals surface area contributed by atoms with Gasteiger partial charge in [0.2, 0.25) is 5.91 Å². The molecule has 0 N–H and O–H groups in total. The molecule has 0 unspecified atom stereocenters. The minimum absolute atomic E-state index is 0.0151. The van der Waals surface area contributed by atoms with Gasteiger partial charge in [-0.1, -0.05) is 36.4 Å². The number of hydrogen-bond acceptors (Lipinski definition) is 5. The lowest BCUT2D eigenvalue weighted by atomic mass is 9.99. The van der Waals surface area contributed by atoms with Crippen molar-refractivity contribution in [3.63, 3.8) is 0 Å². The molecular formula is C24H25N3O5S. The van der Waals surface area contributed by atoms with E-state index in [1.165, 1.54) is 42.4 Å². The predicted molar refractivity (Wildman–Crippen MR) is 127 cm³/mol. The molecule has 9 heteroatoms. The summed E-state index contributed by atoms with van der Waals surface area (Å²) in [5, 5.41) is 0. The average Bonchev–Trinajstić information content (AvgIpc) is 2.85. The fourth-order valence-electron chi connectivity index (χ4n) is 4.06. The summed E-state index contributed by atoms with van der Waals surface area (Å²) in [6, 6.07) is 14.3. The second-order valence-corrected chi connectivity index (χ2v) is 10.2. The Balaban J connectivity index is 1.48. The molecule has 0 bridgehead atoms. The Morgan fingerprint density at radius 1 is 0.939 bits per heavy atom. The summed E-state index contributed by atoms with van der Waals surface area (Å²) in [4.78, 5) is 38.4. The van der Waals surface area contributed by atoms with Crippen molar-refractivity contribution in [2.75, 3.05) is 18.8 Å². The first-order chi connectivity index (χ1) is 15.7. The summed E-state index contributed by atoms with van der Waals surface area (Å²) in [6.45, 7) is 1.00. The molecule has 0 aliphatic carbocycles. The van der Waals surface area contributed by atoms with Gasteiger partial charge in [0.15, 0.2) is 9.84 Å². The van der Waals surface area contributed by atoms with Gasteiger partial charge in [-0.25, -0.2) is 8.42 Å². The van der Waals surface area contributed by atoms with Gasteiger partial charge in [0, 0.05) is 33.6 Å². The summed E-state index contributed by atoms with van der Waals surface area (Å²) in [6.07, 6.45) is 2.61. The van der Waals surface area contributed by atoms with Crippen molar-refractivity contribution in [1.82, 2.24) is 14.0 Å². The minimum atomic E-state index is -3.76. The Morgan fingerprint density at radius 3 is 2.24 bits per heavy atom. The summed E-state index contributed by atoms with van der Waals surface area (Å²) >= 11 is 0. The largest absolute Gasteiger partial charge is 0.339 e. The molecule has 3 aromatic rings. The van der Waals surface area contributed by atoms with Crippen LogP contribution in [0.4, 0.5) is 0 Å². The van der Waals surface area contributed by atoms with E-state index in [1.54, 1.807) is 4.90 Å². The van der Waals surface area contributed by atoms with E-state index in [-0.39, 0.29) is 23.0 Å². The molecule has 172 valence electrons. The highest BCUT2D eigenvalue weighted by molar-refractivity contribution is 7.91. The van der Waals surface area contributed by atoms with Crippen molar-refractivity contribution in [3.05, 3.63) is 80.9 Å². The second kappa shape index (κ2) is 8.82. The number of aryl methyl sites for hydroxylation is 2. The molecule has 1 aromatic heterocycles. The van der Waals surface area contributed by atoms with Gasteiger partial charge in [0.1, 0.15) is 0 Å². The van der Waals surface area contributed by atoms with Crippen LogP contribution < -0.4 is 11.1 Å². The Bertz CT molecular complexity index is 1480. The normalized spacial score (nSPS) is 14.4. The van der Waals surface area contributed by atoms with Gasteiger partial charge in [0.25, 0.3) is 0 Å². The maximum Gasteiger partial charge on any atom is 0.316 e. The number of amides is 1. The topological polar surface area (TPSA) is 98.5 Å². The summed E-state index contributed by atoms with van der Waals surface area (Å²) in [5.41, 5.74) is 1.69. The fourth-order valence-corrected chi connectivity index (χ4v) is 5.31. The highest BCUT2D eigenvalue weighted by Gasteiger charge is 2.22. The smallest absolute Gasteiger partial charge is 0.316 e. The highest BCUT2D eigenvalue weighted by atomic mass is 32.2. The lowest BCUT2D eigenvalue weighted by molar-refractivity contribution is -0.130. The van der Waals surface area contributed by atoms with Crippen LogP contribution >= 0.6 is 0 Å². The van der Waals surface area contributed by atoms with Crippen molar-refractivity contribution in [3.8, 4) is 0 Å². The Morgan fingerprint density at radius 2 is 1.61 bits per heavy atom. The zero-order valence-corrected chi connectivity index (χ0v) is 19.3. The van der Waals surface area contributed by atoms with Crippen LogP contribution in [-0.2, 0) is 28.7 Å². The van der Waals surface area contributed by atoms with Crippen LogP contribution in [0.2, 0.25) is 0 Å². The zero-order valence-electron chi connectivity index (χ0n) is 18.5. The van der Waals surface area contributed by atoms with E-state index in [9.17, 15) is 22.8 Å². The lowest BCUT2D eigenvalue weighted by Crippen LogP contribution is -2.39. The van der Waals surface area contributed by atoms with Crippen LogP contribution in [0.3, 0.4) is 0 Å². The molecule has 1 aliphatic rings. The van der Waals surface area contributed by atoms with Crippen molar-refractivity contribution >= 4 is 32.4 Å². The number of aromatic nitrogens is 2.